The molecule has 1 saturated heterocycles. The van der Waals surface area contributed by atoms with Gasteiger partial charge in [0, 0.05) is 18.6 Å². The Labute approximate surface area is 97.2 Å². The van der Waals surface area contributed by atoms with Gasteiger partial charge in [0.15, 0.2) is 0 Å². The Morgan fingerprint density at radius 2 is 2.38 bits per heavy atom. The topological polar surface area (TPSA) is 33.3 Å². The van der Waals surface area contributed by atoms with E-state index in [1.165, 1.54) is 12.0 Å². The lowest BCUT2D eigenvalue weighted by molar-refractivity contribution is 0.412. The molecule has 1 heterocycles. The molecular formula is C13H20N2O. The predicted octanol–water partition coefficient (Wildman–Crippen LogP) is 1.71. The number of nitrogens with one attached hydrogen (secondary N) is 2. The van der Waals surface area contributed by atoms with Crippen LogP contribution in [-0.2, 0) is 0 Å². The van der Waals surface area contributed by atoms with E-state index in [1.807, 2.05) is 12.1 Å². The van der Waals surface area contributed by atoms with Gasteiger partial charge >= 0.3 is 0 Å². The van der Waals surface area contributed by atoms with Crippen molar-refractivity contribution in [1.82, 2.24) is 10.6 Å². The summed E-state index contributed by atoms with van der Waals surface area (Å²) in [6.45, 7) is 4.41. The molecule has 2 atom stereocenters. The predicted molar refractivity (Wildman–Crippen MR) is 65.8 cm³/mol. The van der Waals surface area contributed by atoms with Gasteiger partial charge in [-0.3, -0.25) is 0 Å². The fraction of sp³-hybridized carbons (Fsp3) is 0.538. The average molecular weight is 220 g/mol. The summed E-state index contributed by atoms with van der Waals surface area (Å²) in [6.07, 6.45) is 1.22. The zero-order valence-electron chi connectivity index (χ0n) is 9.99. The van der Waals surface area contributed by atoms with Crippen LogP contribution in [0.2, 0.25) is 0 Å². The monoisotopic (exact) mass is 220 g/mol. The first-order valence-electron chi connectivity index (χ1n) is 5.90. The second-order valence-corrected chi connectivity index (χ2v) is 4.35. The fourth-order valence-electron chi connectivity index (χ4n) is 2.16. The molecule has 1 aromatic carbocycles. The molecule has 1 fully saturated rings. The van der Waals surface area contributed by atoms with Crippen molar-refractivity contribution in [2.75, 3.05) is 20.2 Å². The summed E-state index contributed by atoms with van der Waals surface area (Å²) in [4.78, 5) is 0. The summed E-state index contributed by atoms with van der Waals surface area (Å²) >= 11 is 0. The molecule has 1 aliphatic rings. The van der Waals surface area contributed by atoms with Crippen LogP contribution in [0.5, 0.6) is 5.75 Å². The first-order chi connectivity index (χ1) is 7.79. The molecular weight excluding hydrogens is 200 g/mol. The van der Waals surface area contributed by atoms with E-state index in [9.17, 15) is 0 Å². The third-order valence-electron chi connectivity index (χ3n) is 3.14. The minimum absolute atomic E-state index is 0.375. The Balaban J connectivity index is 1.98. The van der Waals surface area contributed by atoms with E-state index in [4.69, 9.17) is 4.74 Å². The Morgan fingerprint density at radius 1 is 1.50 bits per heavy atom. The molecule has 0 unspecified atom stereocenters. The van der Waals surface area contributed by atoms with Crippen LogP contribution in [0.25, 0.3) is 0 Å². The van der Waals surface area contributed by atoms with Gasteiger partial charge in [0.2, 0.25) is 0 Å². The van der Waals surface area contributed by atoms with Crippen LogP contribution in [0.1, 0.15) is 24.9 Å². The van der Waals surface area contributed by atoms with Crippen LogP contribution in [0.15, 0.2) is 24.3 Å². The van der Waals surface area contributed by atoms with Gasteiger partial charge < -0.3 is 15.4 Å². The van der Waals surface area contributed by atoms with Crippen LogP contribution >= 0.6 is 0 Å². The lowest BCUT2D eigenvalue weighted by atomic mass is 10.1. The van der Waals surface area contributed by atoms with Gasteiger partial charge in [-0.1, -0.05) is 12.1 Å². The number of methoxy groups -OCH3 is 1. The molecule has 2 N–H and O–H groups in total. The first kappa shape index (κ1) is 11.4. The van der Waals surface area contributed by atoms with Crippen molar-refractivity contribution in [3.05, 3.63) is 29.8 Å². The Morgan fingerprint density at radius 3 is 3.06 bits per heavy atom. The fourth-order valence-corrected chi connectivity index (χ4v) is 2.16. The van der Waals surface area contributed by atoms with Gasteiger partial charge in [0.05, 0.1) is 7.11 Å². The molecule has 0 bridgehead atoms. The van der Waals surface area contributed by atoms with Gasteiger partial charge in [0.1, 0.15) is 5.75 Å². The zero-order valence-corrected chi connectivity index (χ0v) is 9.99. The zero-order chi connectivity index (χ0) is 11.4. The molecule has 0 radical (unpaired) electrons. The highest BCUT2D eigenvalue weighted by atomic mass is 16.5. The lowest BCUT2D eigenvalue weighted by Gasteiger charge is -2.19. The van der Waals surface area contributed by atoms with Crippen molar-refractivity contribution in [3.63, 3.8) is 0 Å². The summed E-state index contributed by atoms with van der Waals surface area (Å²) in [6, 6.07) is 9.23. The molecule has 2 rings (SSSR count). The van der Waals surface area contributed by atoms with Crippen LogP contribution < -0.4 is 15.4 Å². The van der Waals surface area contributed by atoms with Crippen LogP contribution in [0.3, 0.4) is 0 Å². The third-order valence-corrected chi connectivity index (χ3v) is 3.14. The normalized spacial score (nSPS) is 22.0. The lowest BCUT2D eigenvalue weighted by Crippen LogP contribution is -2.33. The van der Waals surface area contributed by atoms with Gasteiger partial charge in [-0.25, -0.2) is 0 Å². The van der Waals surface area contributed by atoms with Crippen molar-refractivity contribution in [2.45, 2.75) is 25.4 Å². The number of hydrogen-bond acceptors (Lipinski definition) is 3. The third kappa shape index (κ3) is 2.74. The SMILES string of the molecule is COc1cccc([C@@H](C)N[C@H]2CCNC2)c1. The number of rotatable bonds is 4. The highest BCUT2D eigenvalue weighted by Gasteiger charge is 2.17. The molecule has 88 valence electrons. The van der Waals surface area contributed by atoms with E-state index < -0.39 is 0 Å². The molecule has 3 nitrogen and oxygen atoms in total. The summed E-state index contributed by atoms with van der Waals surface area (Å²) in [7, 11) is 1.71. The second-order valence-electron chi connectivity index (χ2n) is 4.35. The van der Waals surface area contributed by atoms with Crippen LogP contribution in [-0.4, -0.2) is 26.2 Å². The van der Waals surface area contributed by atoms with E-state index in [1.54, 1.807) is 7.11 Å². The molecule has 0 amide bonds. The molecule has 0 aromatic heterocycles. The first-order valence-corrected chi connectivity index (χ1v) is 5.90. The minimum atomic E-state index is 0.375. The van der Waals surface area contributed by atoms with E-state index >= 15 is 0 Å². The molecule has 16 heavy (non-hydrogen) atoms. The maximum absolute atomic E-state index is 5.23. The average Bonchev–Trinajstić information content (AvgIpc) is 2.82. The highest BCUT2D eigenvalue weighted by molar-refractivity contribution is 5.30. The summed E-state index contributed by atoms with van der Waals surface area (Å²) in [5.74, 6) is 0.927. The minimum Gasteiger partial charge on any atom is -0.497 e. The number of benzene rings is 1. The van der Waals surface area contributed by atoms with Crippen molar-refractivity contribution in [1.29, 1.82) is 0 Å². The number of hydrogen-bond donors (Lipinski definition) is 2. The second kappa shape index (κ2) is 5.32. The van der Waals surface area contributed by atoms with Gasteiger partial charge in [-0.15, -0.1) is 0 Å². The van der Waals surface area contributed by atoms with E-state index in [0.29, 0.717) is 12.1 Å². The molecule has 0 spiro atoms. The highest BCUT2D eigenvalue weighted by Crippen LogP contribution is 2.19. The van der Waals surface area contributed by atoms with E-state index in [2.05, 4.69) is 29.7 Å². The maximum Gasteiger partial charge on any atom is 0.119 e. The summed E-state index contributed by atoms with van der Waals surface area (Å²) in [5, 5.41) is 6.99. The van der Waals surface area contributed by atoms with E-state index in [0.717, 1.165) is 18.8 Å². The summed E-state index contributed by atoms with van der Waals surface area (Å²) < 4.78 is 5.23. The molecule has 1 aliphatic heterocycles. The standard InChI is InChI=1S/C13H20N2O/c1-10(15-12-6-7-14-9-12)11-4-3-5-13(8-11)16-2/h3-5,8,10,12,14-15H,6-7,9H2,1-2H3/t10-,12+/m1/s1. The van der Waals surface area contributed by atoms with Crippen LogP contribution in [0.4, 0.5) is 0 Å². The van der Waals surface area contributed by atoms with Crippen molar-refractivity contribution >= 4 is 0 Å². The quantitative estimate of drug-likeness (QED) is 0.810. The summed E-state index contributed by atoms with van der Waals surface area (Å²) in [5.41, 5.74) is 1.28. The van der Waals surface area contributed by atoms with Crippen LogP contribution in [0, 0.1) is 0 Å². The van der Waals surface area contributed by atoms with Crippen molar-refractivity contribution in [2.24, 2.45) is 0 Å². The Bertz CT molecular complexity index is 334. The maximum atomic E-state index is 5.23. The molecule has 1 aromatic rings. The van der Waals surface area contributed by atoms with Gasteiger partial charge in [-0.05, 0) is 37.6 Å². The largest absolute Gasteiger partial charge is 0.497 e. The number of ether oxygens (including phenoxy) is 1. The smallest absolute Gasteiger partial charge is 0.119 e. The Hall–Kier alpha value is -1.06. The van der Waals surface area contributed by atoms with E-state index in [-0.39, 0.29) is 0 Å². The molecule has 3 heteroatoms. The van der Waals surface area contributed by atoms with Gasteiger partial charge in [-0.2, -0.15) is 0 Å². The molecule has 0 aliphatic carbocycles. The molecule has 0 saturated carbocycles. The Kier molecular flexibility index (Phi) is 3.80. The van der Waals surface area contributed by atoms with Crippen molar-refractivity contribution in [3.8, 4) is 5.75 Å². The van der Waals surface area contributed by atoms with Gasteiger partial charge in [0.25, 0.3) is 0 Å². The van der Waals surface area contributed by atoms with Crippen molar-refractivity contribution < 1.29 is 4.74 Å².